The van der Waals surface area contributed by atoms with Crippen molar-refractivity contribution in [1.29, 1.82) is 0 Å². The number of carbonyl (C=O) groups excluding carboxylic acids is 1. The van der Waals surface area contributed by atoms with E-state index in [1.54, 1.807) is 7.11 Å². The molecule has 0 spiro atoms. The molecule has 0 bridgehead atoms. The van der Waals surface area contributed by atoms with Crippen molar-refractivity contribution in [2.24, 2.45) is 5.41 Å². The van der Waals surface area contributed by atoms with Gasteiger partial charge < -0.3 is 9.30 Å². The highest BCUT2D eigenvalue weighted by Gasteiger charge is 2.35. The molecule has 3 aromatic rings. The number of aromatic nitrogens is 3. The average molecular weight is 351 g/mol. The van der Waals surface area contributed by atoms with Crippen molar-refractivity contribution in [2.75, 3.05) is 7.11 Å². The van der Waals surface area contributed by atoms with Gasteiger partial charge in [0.15, 0.2) is 11.5 Å². The second-order valence-corrected chi connectivity index (χ2v) is 7.56. The molecule has 0 unspecified atom stereocenters. The molecule has 4 rings (SSSR count). The zero-order chi connectivity index (χ0) is 18.5. The van der Waals surface area contributed by atoms with Crippen LogP contribution in [0.1, 0.15) is 42.0 Å². The van der Waals surface area contributed by atoms with Gasteiger partial charge in [-0.3, -0.25) is 4.79 Å². The normalized spacial score (nSPS) is 15.8. The molecule has 6 heteroatoms. The molecule has 0 aliphatic heterocycles. The van der Waals surface area contributed by atoms with E-state index < -0.39 is 0 Å². The third-order valence-electron chi connectivity index (χ3n) is 4.91. The number of methoxy groups -OCH3 is 1. The van der Waals surface area contributed by atoms with E-state index in [2.05, 4.69) is 28.7 Å². The van der Waals surface area contributed by atoms with Gasteiger partial charge in [-0.1, -0.05) is 19.0 Å². The number of ether oxygens (including phenoxy) is 1. The molecule has 0 atom stereocenters. The van der Waals surface area contributed by atoms with Crippen molar-refractivity contribution in [3.05, 3.63) is 47.3 Å². The molecule has 2 heterocycles. The molecular weight excluding hydrogens is 330 g/mol. The SMILES string of the molecule is COc1ccc(-n2c(-c3nonc3C)cc3c2CC(C)(C)CC3=O)cc1. The lowest BCUT2D eigenvalue weighted by Crippen LogP contribution is -2.27. The Labute approximate surface area is 151 Å². The Morgan fingerprint density at radius 2 is 1.88 bits per heavy atom. The summed E-state index contributed by atoms with van der Waals surface area (Å²) in [6, 6.07) is 9.71. The molecule has 0 amide bonds. The molecule has 1 aliphatic carbocycles. The highest BCUT2D eigenvalue weighted by molar-refractivity contribution is 6.00. The van der Waals surface area contributed by atoms with Crippen molar-refractivity contribution in [3.8, 4) is 22.8 Å². The summed E-state index contributed by atoms with van der Waals surface area (Å²) in [5.41, 5.74) is 4.81. The summed E-state index contributed by atoms with van der Waals surface area (Å²) in [6.45, 7) is 6.10. The van der Waals surface area contributed by atoms with Gasteiger partial charge in [0.1, 0.15) is 11.4 Å². The van der Waals surface area contributed by atoms with Gasteiger partial charge in [0.25, 0.3) is 0 Å². The Bertz CT molecular complexity index is 980. The van der Waals surface area contributed by atoms with Crippen LogP contribution in [-0.2, 0) is 6.42 Å². The highest BCUT2D eigenvalue weighted by atomic mass is 16.6. The quantitative estimate of drug-likeness (QED) is 0.713. The molecule has 6 nitrogen and oxygen atoms in total. The summed E-state index contributed by atoms with van der Waals surface area (Å²) in [7, 11) is 1.64. The number of hydrogen-bond acceptors (Lipinski definition) is 5. The molecule has 1 aromatic carbocycles. The van der Waals surface area contributed by atoms with Gasteiger partial charge >= 0.3 is 0 Å². The summed E-state index contributed by atoms with van der Waals surface area (Å²) in [5.74, 6) is 0.950. The van der Waals surface area contributed by atoms with Crippen LogP contribution in [0.5, 0.6) is 5.75 Å². The Hall–Kier alpha value is -2.89. The van der Waals surface area contributed by atoms with Gasteiger partial charge in [0.2, 0.25) is 0 Å². The summed E-state index contributed by atoms with van der Waals surface area (Å²) in [4.78, 5) is 12.8. The van der Waals surface area contributed by atoms with Crippen molar-refractivity contribution in [2.45, 2.75) is 33.6 Å². The number of aryl methyl sites for hydroxylation is 1. The van der Waals surface area contributed by atoms with E-state index >= 15 is 0 Å². The van der Waals surface area contributed by atoms with Crippen LogP contribution in [-0.4, -0.2) is 27.8 Å². The van der Waals surface area contributed by atoms with E-state index in [4.69, 9.17) is 9.37 Å². The first kappa shape index (κ1) is 16.6. The van der Waals surface area contributed by atoms with E-state index in [9.17, 15) is 4.79 Å². The highest BCUT2D eigenvalue weighted by Crippen LogP contribution is 2.40. The number of nitrogens with zero attached hydrogens (tertiary/aromatic N) is 3. The van der Waals surface area contributed by atoms with E-state index in [1.165, 1.54) is 0 Å². The Kier molecular flexibility index (Phi) is 3.72. The minimum Gasteiger partial charge on any atom is -0.497 e. The molecule has 134 valence electrons. The van der Waals surface area contributed by atoms with Gasteiger partial charge in [0.05, 0.1) is 12.8 Å². The Morgan fingerprint density at radius 1 is 1.15 bits per heavy atom. The van der Waals surface area contributed by atoms with E-state index in [0.717, 1.165) is 34.8 Å². The number of benzene rings is 1. The summed E-state index contributed by atoms with van der Waals surface area (Å²) in [6.07, 6.45) is 1.35. The molecule has 26 heavy (non-hydrogen) atoms. The van der Waals surface area contributed by atoms with Crippen LogP contribution in [0.3, 0.4) is 0 Å². The topological polar surface area (TPSA) is 70.2 Å². The molecule has 1 aliphatic rings. The second kappa shape index (κ2) is 5.83. The smallest absolute Gasteiger partial charge is 0.165 e. The van der Waals surface area contributed by atoms with Crippen molar-refractivity contribution in [1.82, 2.24) is 14.9 Å². The number of Topliss-reactive ketones (excluding diaryl/α,β-unsaturated/α-hetero) is 1. The summed E-state index contributed by atoms with van der Waals surface area (Å²) < 4.78 is 12.3. The molecular formula is C20H21N3O3. The number of carbonyl (C=O) groups is 1. The van der Waals surface area contributed by atoms with Crippen LogP contribution in [0.2, 0.25) is 0 Å². The van der Waals surface area contributed by atoms with Crippen LogP contribution in [0.15, 0.2) is 35.0 Å². The predicted octanol–water partition coefficient (Wildman–Crippen LogP) is 4.00. The van der Waals surface area contributed by atoms with E-state index in [1.807, 2.05) is 37.3 Å². The monoisotopic (exact) mass is 351 g/mol. The third kappa shape index (κ3) is 2.62. The number of rotatable bonds is 3. The first-order valence-electron chi connectivity index (χ1n) is 8.61. The predicted molar refractivity (Wildman–Crippen MR) is 96.8 cm³/mol. The first-order valence-corrected chi connectivity index (χ1v) is 8.61. The summed E-state index contributed by atoms with van der Waals surface area (Å²) >= 11 is 0. The lowest BCUT2D eigenvalue weighted by atomic mass is 9.76. The number of fused-ring (bicyclic) bond motifs is 1. The zero-order valence-corrected chi connectivity index (χ0v) is 15.4. The number of hydrogen-bond donors (Lipinski definition) is 0. The van der Waals surface area contributed by atoms with Gasteiger partial charge in [-0.25, -0.2) is 4.63 Å². The van der Waals surface area contributed by atoms with Crippen LogP contribution in [0.25, 0.3) is 17.1 Å². The van der Waals surface area contributed by atoms with Crippen molar-refractivity contribution in [3.63, 3.8) is 0 Å². The molecule has 0 radical (unpaired) electrons. The molecule has 0 fully saturated rings. The van der Waals surface area contributed by atoms with Gasteiger partial charge in [-0.2, -0.15) is 0 Å². The fourth-order valence-electron chi connectivity index (χ4n) is 3.68. The van der Waals surface area contributed by atoms with E-state index in [0.29, 0.717) is 17.8 Å². The molecule has 0 saturated carbocycles. The lowest BCUT2D eigenvalue weighted by molar-refractivity contribution is 0.0911. The number of ketones is 1. The van der Waals surface area contributed by atoms with E-state index in [-0.39, 0.29) is 11.2 Å². The molecule has 0 saturated heterocycles. The maximum atomic E-state index is 12.8. The van der Waals surface area contributed by atoms with Crippen molar-refractivity contribution < 1.29 is 14.2 Å². The zero-order valence-electron chi connectivity index (χ0n) is 15.4. The largest absolute Gasteiger partial charge is 0.497 e. The van der Waals surface area contributed by atoms with Crippen LogP contribution in [0, 0.1) is 12.3 Å². The third-order valence-corrected chi connectivity index (χ3v) is 4.91. The minimum absolute atomic E-state index is 0.0823. The van der Waals surface area contributed by atoms with Gasteiger partial charge in [-0.15, -0.1) is 0 Å². The van der Waals surface area contributed by atoms with Gasteiger partial charge in [-0.05, 0) is 54.2 Å². The lowest BCUT2D eigenvalue weighted by Gasteiger charge is -2.29. The standard InChI is InChI=1S/C20H21N3O3/c1-12-19(22-26-21-12)16-9-15-17(10-20(2,3)11-18(15)24)23(16)13-5-7-14(25-4)8-6-13/h5-9H,10-11H2,1-4H3. The fraction of sp³-hybridized carbons (Fsp3) is 0.350. The second-order valence-electron chi connectivity index (χ2n) is 7.56. The fourth-order valence-corrected chi connectivity index (χ4v) is 3.68. The van der Waals surface area contributed by atoms with Crippen LogP contribution >= 0.6 is 0 Å². The Morgan fingerprint density at radius 3 is 2.50 bits per heavy atom. The Balaban J connectivity index is 1.98. The van der Waals surface area contributed by atoms with Crippen molar-refractivity contribution >= 4 is 5.78 Å². The average Bonchev–Trinajstić information content (AvgIpc) is 3.17. The molecule has 0 N–H and O–H groups in total. The first-order chi connectivity index (χ1) is 12.4. The van der Waals surface area contributed by atoms with Gasteiger partial charge in [0, 0.05) is 23.4 Å². The maximum absolute atomic E-state index is 12.8. The maximum Gasteiger partial charge on any atom is 0.165 e. The summed E-state index contributed by atoms with van der Waals surface area (Å²) in [5, 5.41) is 7.97. The molecule has 2 aromatic heterocycles. The van der Waals surface area contributed by atoms with Crippen LogP contribution < -0.4 is 4.74 Å². The van der Waals surface area contributed by atoms with Crippen LogP contribution in [0.4, 0.5) is 0 Å². The minimum atomic E-state index is -0.0823.